The SMILES string of the molecule is Cc1ccc(C)n1-c1cc(C(=O)N2CCCC(c3ccc(C(=O)O)cc3)C2)ccc1C(=O)O. The number of hydrogen-bond acceptors (Lipinski definition) is 3. The summed E-state index contributed by atoms with van der Waals surface area (Å²) in [7, 11) is 0. The maximum atomic E-state index is 13.4. The number of nitrogens with zero attached hydrogens (tertiary/aromatic N) is 2. The fourth-order valence-corrected chi connectivity index (χ4v) is 4.59. The second-order valence-electron chi connectivity index (χ2n) is 8.51. The van der Waals surface area contributed by atoms with Gasteiger partial charge in [-0.1, -0.05) is 12.1 Å². The first kappa shape index (κ1) is 22.3. The summed E-state index contributed by atoms with van der Waals surface area (Å²) in [5.74, 6) is -2.02. The number of aryl methyl sites for hydroxylation is 2. The molecule has 4 rings (SSSR count). The van der Waals surface area contributed by atoms with Gasteiger partial charge in [-0.05, 0) is 74.7 Å². The van der Waals surface area contributed by atoms with E-state index in [0.29, 0.717) is 24.3 Å². The molecule has 1 amide bonds. The molecule has 33 heavy (non-hydrogen) atoms. The van der Waals surface area contributed by atoms with Crippen LogP contribution in [0.2, 0.25) is 0 Å². The van der Waals surface area contributed by atoms with Crippen molar-refractivity contribution in [1.82, 2.24) is 9.47 Å². The third kappa shape index (κ3) is 4.39. The molecule has 3 aromatic rings. The van der Waals surface area contributed by atoms with Gasteiger partial charge in [-0.15, -0.1) is 0 Å². The van der Waals surface area contributed by atoms with E-state index >= 15 is 0 Å². The topological polar surface area (TPSA) is 99.8 Å². The zero-order valence-electron chi connectivity index (χ0n) is 18.6. The molecular weight excluding hydrogens is 420 g/mol. The number of carbonyl (C=O) groups is 3. The fraction of sp³-hybridized carbons (Fsp3) is 0.269. The Labute approximate surface area is 191 Å². The average Bonchev–Trinajstić information content (AvgIpc) is 3.15. The number of benzene rings is 2. The molecule has 2 aromatic carbocycles. The minimum absolute atomic E-state index is 0.122. The molecule has 0 saturated carbocycles. The van der Waals surface area contributed by atoms with Gasteiger partial charge in [0.15, 0.2) is 0 Å². The second-order valence-corrected chi connectivity index (χ2v) is 8.51. The van der Waals surface area contributed by atoms with E-state index in [1.807, 2.05) is 42.7 Å². The Hall–Kier alpha value is -3.87. The molecule has 0 bridgehead atoms. The minimum atomic E-state index is -1.04. The van der Waals surface area contributed by atoms with Crippen LogP contribution in [-0.4, -0.2) is 50.6 Å². The third-order valence-electron chi connectivity index (χ3n) is 6.32. The van der Waals surface area contributed by atoms with Crippen LogP contribution in [0.25, 0.3) is 5.69 Å². The molecule has 0 aliphatic carbocycles. The maximum Gasteiger partial charge on any atom is 0.337 e. The summed E-state index contributed by atoms with van der Waals surface area (Å²) < 4.78 is 1.85. The van der Waals surface area contributed by atoms with Gasteiger partial charge in [0, 0.05) is 36.0 Å². The van der Waals surface area contributed by atoms with Gasteiger partial charge >= 0.3 is 11.9 Å². The Morgan fingerprint density at radius 3 is 2.09 bits per heavy atom. The van der Waals surface area contributed by atoms with E-state index < -0.39 is 11.9 Å². The lowest BCUT2D eigenvalue weighted by molar-refractivity contribution is 0.0684. The van der Waals surface area contributed by atoms with Crippen LogP contribution in [0.4, 0.5) is 0 Å². The zero-order chi connectivity index (χ0) is 23.7. The van der Waals surface area contributed by atoms with Crippen molar-refractivity contribution in [2.24, 2.45) is 0 Å². The zero-order valence-corrected chi connectivity index (χ0v) is 18.6. The number of aromatic carboxylic acids is 2. The van der Waals surface area contributed by atoms with Gasteiger partial charge in [0.05, 0.1) is 16.8 Å². The van der Waals surface area contributed by atoms with Crippen LogP contribution in [0.1, 0.15) is 66.8 Å². The van der Waals surface area contributed by atoms with Gasteiger partial charge in [0.1, 0.15) is 0 Å². The first-order valence-corrected chi connectivity index (χ1v) is 10.9. The van der Waals surface area contributed by atoms with Crippen LogP contribution in [0.3, 0.4) is 0 Å². The van der Waals surface area contributed by atoms with Crippen molar-refractivity contribution in [2.75, 3.05) is 13.1 Å². The fourth-order valence-electron chi connectivity index (χ4n) is 4.59. The number of hydrogen-bond donors (Lipinski definition) is 2. The third-order valence-corrected chi connectivity index (χ3v) is 6.32. The largest absolute Gasteiger partial charge is 0.478 e. The Kier molecular flexibility index (Phi) is 6.05. The normalized spacial score (nSPS) is 15.9. The van der Waals surface area contributed by atoms with Gasteiger partial charge in [-0.25, -0.2) is 9.59 Å². The maximum absolute atomic E-state index is 13.4. The summed E-state index contributed by atoms with van der Waals surface area (Å²) in [6, 6.07) is 15.4. The number of piperidine rings is 1. The Morgan fingerprint density at radius 1 is 0.848 bits per heavy atom. The van der Waals surface area contributed by atoms with E-state index in [-0.39, 0.29) is 23.0 Å². The monoisotopic (exact) mass is 446 g/mol. The van der Waals surface area contributed by atoms with E-state index in [2.05, 4.69) is 0 Å². The lowest BCUT2D eigenvalue weighted by Crippen LogP contribution is -2.39. The molecule has 7 heteroatoms. The first-order valence-electron chi connectivity index (χ1n) is 10.9. The molecular formula is C26H26N2O5. The van der Waals surface area contributed by atoms with Crippen LogP contribution in [0.15, 0.2) is 54.6 Å². The van der Waals surface area contributed by atoms with Crippen molar-refractivity contribution >= 4 is 17.8 Å². The highest BCUT2D eigenvalue weighted by atomic mass is 16.4. The predicted octanol–water partition coefficient (Wildman–Crippen LogP) is 4.51. The van der Waals surface area contributed by atoms with Crippen molar-refractivity contribution in [2.45, 2.75) is 32.6 Å². The Morgan fingerprint density at radius 2 is 1.48 bits per heavy atom. The number of likely N-dealkylation sites (tertiary alicyclic amines) is 1. The molecule has 0 spiro atoms. The van der Waals surface area contributed by atoms with Crippen molar-refractivity contribution < 1.29 is 24.6 Å². The lowest BCUT2D eigenvalue weighted by atomic mass is 9.89. The van der Waals surface area contributed by atoms with E-state index in [0.717, 1.165) is 29.8 Å². The van der Waals surface area contributed by atoms with Gasteiger partial charge in [0.25, 0.3) is 5.91 Å². The van der Waals surface area contributed by atoms with Crippen LogP contribution in [-0.2, 0) is 0 Å². The van der Waals surface area contributed by atoms with E-state index in [1.54, 1.807) is 29.2 Å². The Balaban J connectivity index is 1.61. The molecule has 1 saturated heterocycles. The molecule has 1 aliphatic rings. The van der Waals surface area contributed by atoms with Crippen molar-refractivity contribution in [3.8, 4) is 5.69 Å². The average molecular weight is 447 g/mol. The van der Waals surface area contributed by atoms with Crippen LogP contribution < -0.4 is 0 Å². The highest BCUT2D eigenvalue weighted by Gasteiger charge is 2.27. The summed E-state index contributed by atoms with van der Waals surface area (Å²) >= 11 is 0. The van der Waals surface area contributed by atoms with Gasteiger partial charge in [0.2, 0.25) is 0 Å². The van der Waals surface area contributed by atoms with Crippen LogP contribution in [0, 0.1) is 13.8 Å². The van der Waals surface area contributed by atoms with Gasteiger partial charge < -0.3 is 19.7 Å². The van der Waals surface area contributed by atoms with Crippen LogP contribution in [0.5, 0.6) is 0 Å². The molecule has 1 unspecified atom stereocenters. The second kappa shape index (κ2) is 8.94. The van der Waals surface area contributed by atoms with E-state index in [4.69, 9.17) is 5.11 Å². The standard InChI is InChI=1S/C26H26N2O5/c1-16-5-6-17(2)28(16)23-14-20(11-12-22(23)26(32)33)24(29)27-13-3-4-21(15-27)18-7-9-19(10-8-18)25(30)31/h5-12,14,21H,3-4,13,15H2,1-2H3,(H,30,31)(H,32,33). The molecule has 2 N–H and O–H groups in total. The summed E-state index contributed by atoms with van der Waals surface area (Å²) in [6.07, 6.45) is 1.76. The number of amides is 1. The summed E-state index contributed by atoms with van der Waals surface area (Å²) in [4.78, 5) is 38.1. The summed E-state index contributed by atoms with van der Waals surface area (Å²) in [5.41, 5.74) is 4.10. The number of rotatable bonds is 5. The smallest absolute Gasteiger partial charge is 0.337 e. The summed E-state index contributed by atoms with van der Waals surface area (Å²) in [6.45, 7) is 4.96. The van der Waals surface area contributed by atoms with E-state index in [9.17, 15) is 19.5 Å². The van der Waals surface area contributed by atoms with Gasteiger partial charge in [-0.3, -0.25) is 4.79 Å². The van der Waals surface area contributed by atoms with E-state index in [1.165, 1.54) is 6.07 Å². The molecule has 1 aliphatic heterocycles. The highest BCUT2D eigenvalue weighted by Crippen LogP contribution is 2.29. The first-order chi connectivity index (χ1) is 15.8. The molecule has 170 valence electrons. The quantitative estimate of drug-likeness (QED) is 0.601. The van der Waals surface area contributed by atoms with Crippen molar-refractivity contribution in [3.05, 3.63) is 88.2 Å². The molecule has 7 nitrogen and oxygen atoms in total. The Bertz CT molecular complexity index is 1210. The molecule has 0 radical (unpaired) electrons. The number of carbonyl (C=O) groups excluding carboxylic acids is 1. The van der Waals surface area contributed by atoms with Crippen molar-refractivity contribution in [3.63, 3.8) is 0 Å². The number of carboxylic acid groups (broad SMARTS) is 2. The number of carboxylic acids is 2. The minimum Gasteiger partial charge on any atom is -0.478 e. The molecule has 1 aromatic heterocycles. The van der Waals surface area contributed by atoms with Crippen molar-refractivity contribution in [1.29, 1.82) is 0 Å². The van der Waals surface area contributed by atoms with Crippen LogP contribution >= 0.6 is 0 Å². The molecule has 2 heterocycles. The summed E-state index contributed by atoms with van der Waals surface area (Å²) in [5, 5.41) is 18.8. The number of aromatic nitrogens is 1. The molecule has 1 fully saturated rings. The lowest BCUT2D eigenvalue weighted by Gasteiger charge is -2.33. The predicted molar refractivity (Wildman–Crippen MR) is 123 cm³/mol. The van der Waals surface area contributed by atoms with Gasteiger partial charge in [-0.2, -0.15) is 0 Å². The molecule has 1 atom stereocenters. The highest BCUT2D eigenvalue weighted by molar-refractivity contribution is 5.98.